The van der Waals surface area contributed by atoms with Crippen LogP contribution in [0.2, 0.25) is 0 Å². The first-order valence-corrected chi connectivity index (χ1v) is 11.1. The minimum atomic E-state index is -0.954. The number of nitrogens with one attached hydrogen (secondary N) is 3. The molecule has 32 heavy (non-hydrogen) atoms. The highest BCUT2D eigenvalue weighted by Crippen LogP contribution is 2.18. The average molecular weight is 440 g/mol. The van der Waals surface area contributed by atoms with Crippen LogP contribution in [0.3, 0.4) is 0 Å². The largest absolute Gasteiger partial charge is 0.478 e. The maximum absolute atomic E-state index is 12.5. The van der Waals surface area contributed by atoms with E-state index < -0.39 is 12.0 Å². The second kappa shape index (κ2) is 12.3. The molecule has 1 amide bonds. The molecule has 1 aliphatic heterocycles. The number of amides is 1. The number of hydrazine groups is 1. The van der Waals surface area contributed by atoms with Gasteiger partial charge in [-0.2, -0.15) is 0 Å². The van der Waals surface area contributed by atoms with Crippen LogP contribution in [0.5, 0.6) is 0 Å². The number of nitrogens with zero attached hydrogens (tertiary/aromatic N) is 1. The second-order valence-electron chi connectivity index (χ2n) is 8.24. The highest BCUT2D eigenvalue weighted by atomic mass is 16.4. The summed E-state index contributed by atoms with van der Waals surface area (Å²) in [5, 5.41) is 12.0. The van der Waals surface area contributed by atoms with E-state index in [2.05, 4.69) is 45.3 Å². The number of benzene rings is 2. The van der Waals surface area contributed by atoms with E-state index in [1.165, 1.54) is 5.56 Å². The van der Waals surface area contributed by atoms with Crippen molar-refractivity contribution in [3.63, 3.8) is 0 Å². The zero-order chi connectivity index (χ0) is 22.8. The first kappa shape index (κ1) is 23.9. The summed E-state index contributed by atoms with van der Waals surface area (Å²) in [5.74, 6) is -0.595. The van der Waals surface area contributed by atoms with E-state index in [0.29, 0.717) is 19.0 Å². The van der Waals surface area contributed by atoms with E-state index in [9.17, 15) is 9.59 Å². The van der Waals surface area contributed by atoms with Crippen LogP contribution in [0, 0.1) is 5.92 Å². The van der Waals surface area contributed by atoms with Gasteiger partial charge >= 0.3 is 5.97 Å². The third-order valence-corrected chi connectivity index (χ3v) is 5.84. The second-order valence-corrected chi connectivity index (χ2v) is 8.24. The van der Waals surface area contributed by atoms with Gasteiger partial charge in [-0.15, -0.1) is 0 Å². The van der Waals surface area contributed by atoms with E-state index in [1.54, 1.807) is 24.3 Å². The Morgan fingerprint density at radius 2 is 1.72 bits per heavy atom. The van der Waals surface area contributed by atoms with Gasteiger partial charge < -0.3 is 16.2 Å². The van der Waals surface area contributed by atoms with Gasteiger partial charge in [-0.3, -0.25) is 15.1 Å². The highest BCUT2D eigenvalue weighted by molar-refractivity contribution is 5.87. The summed E-state index contributed by atoms with van der Waals surface area (Å²) in [6.07, 6.45) is 2.14. The minimum Gasteiger partial charge on any atom is -0.478 e. The number of likely N-dealkylation sites (tertiary alicyclic amines) is 1. The van der Waals surface area contributed by atoms with Crippen molar-refractivity contribution in [1.29, 1.82) is 0 Å². The first-order chi connectivity index (χ1) is 15.5. The van der Waals surface area contributed by atoms with Crippen LogP contribution in [-0.2, 0) is 17.9 Å². The average Bonchev–Trinajstić information content (AvgIpc) is 2.82. The Kier molecular flexibility index (Phi) is 9.18. The third kappa shape index (κ3) is 7.42. The van der Waals surface area contributed by atoms with Crippen LogP contribution >= 0.6 is 0 Å². The molecule has 0 aromatic heterocycles. The zero-order valence-corrected chi connectivity index (χ0v) is 18.3. The van der Waals surface area contributed by atoms with Gasteiger partial charge in [-0.25, -0.2) is 10.2 Å². The molecule has 1 saturated heterocycles. The van der Waals surface area contributed by atoms with Crippen molar-refractivity contribution in [3.8, 4) is 0 Å². The Labute approximate surface area is 189 Å². The normalized spacial score (nSPS) is 15.9. The summed E-state index contributed by atoms with van der Waals surface area (Å²) >= 11 is 0. The molecule has 172 valence electrons. The molecule has 1 atom stereocenters. The van der Waals surface area contributed by atoms with Gasteiger partial charge in [-0.1, -0.05) is 42.5 Å². The Bertz CT molecular complexity index is 852. The van der Waals surface area contributed by atoms with Gasteiger partial charge in [0.2, 0.25) is 5.91 Å². The predicted molar refractivity (Wildman–Crippen MR) is 124 cm³/mol. The van der Waals surface area contributed by atoms with Gasteiger partial charge in [0.15, 0.2) is 0 Å². The number of piperidine rings is 1. The summed E-state index contributed by atoms with van der Waals surface area (Å²) in [7, 11) is 0. The smallest absolute Gasteiger partial charge is 0.335 e. The van der Waals surface area contributed by atoms with Crippen molar-refractivity contribution in [2.45, 2.75) is 32.0 Å². The molecule has 1 aliphatic rings. The maximum atomic E-state index is 12.5. The topological polar surface area (TPSA) is 120 Å². The van der Waals surface area contributed by atoms with Gasteiger partial charge in [-0.05, 0) is 55.1 Å². The molecular formula is C24H33N5O3. The molecule has 0 bridgehead atoms. The van der Waals surface area contributed by atoms with Crippen LogP contribution < -0.4 is 21.9 Å². The molecule has 1 heterocycles. The van der Waals surface area contributed by atoms with Gasteiger partial charge in [0, 0.05) is 26.2 Å². The molecule has 1 fully saturated rings. The fourth-order valence-electron chi connectivity index (χ4n) is 3.83. The number of carbonyl (C=O) groups excluding carboxylic acids is 1. The van der Waals surface area contributed by atoms with Crippen LogP contribution in [0.25, 0.3) is 0 Å². The molecule has 0 aliphatic carbocycles. The lowest BCUT2D eigenvalue weighted by Gasteiger charge is -2.32. The van der Waals surface area contributed by atoms with Gasteiger partial charge in [0.1, 0.15) is 6.04 Å². The van der Waals surface area contributed by atoms with Crippen molar-refractivity contribution < 1.29 is 14.7 Å². The molecule has 1 unspecified atom stereocenters. The number of hydrogen-bond donors (Lipinski definition) is 5. The monoisotopic (exact) mass is 439 g/mol. The Morgan fingerprint density at radius 1 is 1.03 bits per heavy atom. The Hall–Kier alpha value is -2.78. The minimum absolute atomic E-state index is 0.118. The van der Waals surface area contributed by atoms with Crippen molar-refractivity contribution in [2.24, 2.45) is 11.7 Å². The molecular weight excluding hydrogens is 406 g/mol. The first-order valence-electron chi connectivity index (χ1n) is 11.1. The van der Waals surface area contributed by atoms with Crippen LogP contribution in [0.15, 0.2) is 54.6 Å². The van der Waals surface area contributed by atoms with Crippen LogP contribution in [0.1, 0.15) is 34.3 Å². The summed E-state index contributed by atoms with van der Waals surface area (Å²) < 4.78 is 0. The summed E-state index contributed by atoms with van der Waals surface area (Å²) in [5.41, 5.74) is 14.2. The number of nitrogens with two attached hydrogens (primary N) is 1. The quantitative estimate of drug-likeness (QED) is 0.335. The van der Waals surface area contributed by atoms with E-state index in [1.807, 2.05) is 6.07 Å². The van der Waals surface area contributed by atoms with Crippen molar-refractivity contribution in [1.82, 2.24) is 21.1 Å². The van der Waals surface area contributed by atoms with Crippen LogP contribution in [-0.4, -0.2) is 54.1 Å². The molecule has 0 radical (unpaired) electrons. The standard InChI is InChI=1S/C24H33N5O3/c25-14-22(28-27-16-18-6-8-21(9-7-18)24(31)32)23(30)26-15-19-10-12-29(13-11-19)17-20-4-2-1-3-5-20/h1-9,19,22,27-28H,10-17,25H2,(H,26,30)(H,31,32). The number of aromatic carboxylic acids is 1. The van der Waals surface area contributed by atoms with Crippen molar-refractivity contribution in [2.75, 3.05) is 26.2 Å². The SMILES string of the molecule is NCC(NNCc1ccc(C(=O)O)cc1)C(=O)NCC1CCN(Cc2ccccc2)CC1. The molecule has 6 N–H and O–H groups in total. The number of carboxylic acids is 1. The molecule has 2 aromatic rings. The van der Waals surface area contributed by atoms with Gasteiger partial charge in [0.05, 0.1) is 5.56 Å². The lowest BCUT2D eigenvalue weighted by atomic mass is 9.96. The Balaban J connectivity index is 1.34. The fraction of sp³-hybridized carbons (Fsp3) is 0.417. The summed E-state index contributed by atoms with van der Waals surface area (Å²) in [4.78, 5) is 25.9. The summed E-state index contributed by atoms with van der Waals surface area (Å²) in [6, 6.07) is 16.5. The Morgan fingerprint density at radius 3 is 2.34 bits per heavy atom. The number of carboxylic acid groups (broad SMARTS) is 1. The molecule has 0 saturated carbocycles. The zero-order valence-electron chi connectivity index (χ0n) is 18.3. The molecule has 0 spiro atoms. The fourth-order valence-corrected chi connectivity index (χ4v) is 3.83. The molecule has 8 heteroatoms. The highest BCUT2D eigenvalue weighted by Gasteiger charge is 2.22. The number of rotatable bonds is 11. The predicted octanol–water partition coefficient (Wildman–Crippen LogP) is 1.33. The van der Waals surface area contributed by atoms with Crippen LogP contribution in [0.4, 0.5) is 0 Å². The van der Waals surface area contributed by atoms with E-state index in [4.69, 9.17) is 10.8 Å². The number of hydrogen-bond acceptors (Lipinski definition) is 6. The summed E-state index contributed by atoms with van der Waals surface area (Å²) in [6.45, 7) is 4.33. The van der Waals surface area contributed by atoms with Crippen molar-refractivity contribution >= 4 is 11.9 Å². The van der Waals surface area contributed by atoms with E-state index in [0.717, 1.165) is 38.0 Å². The molecule has 8 nitrogen and oxygen atoms in total. The van der Waals surface area contributed by atoms with Crippen molar-refractivity contribution in [3.05, 3.63) is 71.3 Å². The number of carbonyl (C=O) groups is 2. The third-order valence-electron chi connectivity index (χ3n) is 5.84. The van der Waals surface area contributed by atoms with E-state index in [-0.39, 0.29) is 18.0 Å². The lowest BCUT2D eigenvalue weighted by Crippen LogP contribution is -2.54. The molecule has 2 aromatic carbocycles. The molecule has 3 rings (SSSR count). The van der Waals surface area contributed by atoms with E-state index >= 15 is 0 Å². The van der Waals surface area contributed by atoms with Gasteiger partial charge in [0.25, 0.3) is 0 Å². The maximum Gasteiger partial charge on any atom is 0.335 e. The lowest BCUT2D eigenvalue weighted by molar-refractivity contribution is -0.123.